The molecule has 1 atom stereocenters. The molecule has 8 heteroatoms. The number of aryl methyl sites for hydroxylation is 1. The maximum absolute atomic E-state index is 14.2. The molecule has 2 aromatic carbocycles. The number of nitrogens with zero attached hydrogens (tertiary/aromatic N) is 2. The van der Waals surface area contributed by atoms with Gasteiger partial charge in [0, 0.05) is 32.7 Å². The van der Waals surface area contributed by atoms with Crippen LogP contribution in [0, 0.1) is 18.6 Å². The quantitative estimate of drug-likeness (QED) is 0.328. The molecule has 158 valence electrons. The summed E-state index contributed by atoms with van der Waals surface area (Å²) in [5.74, 6) is -0.615. The summed E-state index contributed by atoms with van der Waals surface area (Å²) in [6.07, 6.45) is 1.91. The van der Waals surface area contributed by atoms with Crippen LogP contribution < -0.4 is 15.5 Å². The molecule has 1 heterocycles. The fourth-order valence-electron chi connectivity index (χ4n) is 3.41. The SMILES string of the molecule is CN=C(NCc1ccc(O)c(F)c1)NC1CCCN(c2cc(C)ccc2F)C1.I. The molecule has 3 N–H and O–H groups in total. The molecule has 5 nitrogen and oxygen atoms in total. The van der Waals surface area contributed by atoms with Crippen LogP contribution in [0.25, 0.3) is 0 Å². The molecule has 1 saturated heterocycles. The van der Waals surface area contributed by atoms with Gasteiger partial charge in [0.15, 0.2) is 17.5 Å². The van der Waals surface area contributed by atoms with Crippen LogP contribution in [0.15, 0.2) is 41.4 Å². The molecule has 3 rings (SSSR count). The highest BCUT2D eigenvalue weighted by Crippen LogP contribution is 2.24. The van der Waals surface area contributed by atoms with Crippen LogP contribution >= 0.6 is 24.0 Å². The van der Waals surface area contributed by atoms with Gasteiger partial charge in [0.25, 0.3) is 0 Å². The monoisotopic (exact) mass is 516 g/mol. The Morgan fingerprint density at radius 1 is 1.21 bits per heavy atom. The van der Waals surface area contributed by atoms with E-state index in [9.17, 15) is 13.9 Å². The molecule has 0 aliphatic carbocycles. The molecule has 0 aromatic heterocycles. The standard InChI is InChI=1S/C21H26F2N4O.HI/c1-14-5-7-17(22)19(10-14)27-9-3-4-16(13-27)26-21(24-2)25-12-15-6-8-20(28)18(23)11-15;/h5-8,10-11,16,28H,3-4,9,12-13H2,1-2H3,(H2,24,25,26);1H. The van der Waals surface area contributed by atoms with E-state index in [1.165, 1.54) is 18.2 Å². The zero-order valence-corrected chi connectivity index (χ0v) is 18.9. The van der Waals surface area contributed by atoms with Gasteiger partial charge < -0.3 is 20.6 Å². The summed E-state index contributed by atoms with van der Waals surface area (Å²) >= 11 is 0. The Balaban J connectivity index is 0.00000300. The van der Waals surface area contributed by atoms with E-state index >= 15 is 0 Å². The van der Waals surface area contributed by atoms with Crippen molar-refractivity contribution in [1.29, 1.82) is 0 Å². The zero-order valence-electron chi connectivity index (χ0n) is 16.6. The number of halogens is 3. The number of aromatic hydroxyl groups is 1. The Hall–Kier alpha value is -2.10. The Bertz CT molecular complexity index is 863. The summed E-state index contributed by atoms with van der Waals surface area (Å²) in [4.78, 5) is 6.29. The van der Waals surface area contributed by atoms with Gasteiger partial charge in [-0.15, -0.1) is 24.0 Å². The molecular weight excluding hydrogens is 489 g/mol. The minimum Gasteiger partial charge on any atom is -0.505 e. The number of piperidine rings is 1. The van der Waals surface area contributed by atoms with Crippen LogP contribution in [0.1, 0.15) is 24.0 Å². The molecule has 1 unspecified atom stereocenters. The topological polar surface area (TPSA) is 59.9 Å². The smallest absolute Gasteiger partial charge is 0.191 e. The van der Waals surface area contributed by atoms with Gasteiger partial charge in [0.1, 0.15) is 5.82 Å². The van der Waals surface area contributed by atoms with Gasteiger partial charge in [0.05, 0.1) is 5.69 Å². The fourth-order valence-corrected chi connectivity index (χ4v) is 3.41. The lowest BCUT2D eigenvalue weighted by molar-refractivity contribution is 0.431. The van der Waals surface area contributed by atoms with Gasteiger partial charge in [-0.25, -0.2) is 8.78 Å². The van der Waals surface area contributed by atoms with E-state index in [1.807, 2.05) is 13.0 Å². The Morgan fingerprint density at radius 3 is 2.72 bits per heavy atom. The molecular formula is C21H27F2IN4O. The number of aliphatic imine (C=N–C) groups is 1. The van der Waals surface area contributed by atoms with Crippen molar-refractivity contribution in [2.45, 2.75) is 32.4 Å². The van der Waals surface area contributed by atoms with Crippen molar-refractivity contribution in [1.82, 2.24) is 10.6 Å². The highest BCUT2D eigenvalue weighted by Gasteiger charge is 2.23. The van der Waals surface area contributed by atoms with Gasteiger partial charge in [-0.05, 0) is 55.2 Å². The lowest BCUT2D eigenvalue weighted by Crippen LogP contribution is -2.51. The first-order valence-corrected chi connectivity index (χ1v) is 9.42. The molecule has 1 fully saturated rings. The number of phenols is 1. The summed E-state index contributed by atoms with van der Waals surface area (Å²) in [5.41, 5.74) is 2.37. The third-order valence-electron chi connectivity index (χ3n) is 4.90. The molecule has 0 spiro atoms. The molecule has 0 amide bonds. The lowest BCUT2D eigenvalue weighted by atomic mass is 10.0. The molecule has 0 saturated carbocycles. The summed E-state index contributed by atoms with van der Waals surface area (Å²) in [6, 6.07) is 9.56. The predicted octanol–water partition coefficient (Wildman–Crippen LogP) is 3.93. The van der Waals surface area contributed by atoms with Gasteiger partial charge in [-0.1, -0.05) is 12.1 Å². The maximum atomic E-state index is 14.2. The zero-order chi connectivity index (χ0) is 20.1. The molecule has 0 radical (unpaired) electrons. The van der Waals surface area contributed by atoms with E-state index in [0.717, 1.165) is 24.9 Å². The first-order chi connectivity index (χ1) is 13.5. The minimum atomic E-state index is -0.648. The van der Waals surface area contributed by atoms with Crippen LogP contribution in [0.5, 0.6) is 5.75 Å². The molecule has 29 heavy (non-hydrogen) atoms. The van der Waals surface area contributed by atoms with Crippen molar-refractivity contribution >= 4 is 35.6 Å². The maximum Gasteiger partial charge on any atom is 0.191 e. The van der Waals surface area contributed by atoms with Crippen molar-refractivity contribution in [2.24, 2.45) is 4.99 Å². The van der Waals surface area contributed by atoms with Gasteiger partial charge >= 0.3 is 0 Å². The summed E-state index contributed by atoms with van der Waals surface area (Å²) < 4.78 is 27.7. The van der Waals surface area contributed by atoms with Crippen LogP contribution in [0.4, 0.5) is 14.5 Å². The highest BCUT2D eigenvalue weighted by molar-refractivity contribution is 14.0. The van der Waals surface area contributed by atoms with Crippen molar-refractivity contribution in [2.75, 3.05) is 25.0 Å². The summed E-state index contributed by atoms with van der Waals surface area (Å²) in [7, 11) is 1.67. The second-order valence-electron chi connectivity index (χ2n) is 7.10. The Kier molecular flexibility index (Phi) is 8.48. The number of hydrogen-bond acceptors (Lipinski definition) is 3. The molecule has 0 bridgehead atoms. The van der Waals surface area contributed by atoms with Crippen LogP contribution in [-0.4, -0.2) is 37.2 Å². The number of phenolic OH excluding ortho intramolecular Hbond substituents is 1. The summed E-state index contributed by atoms with van der Waals surface area (Å²) in [5, 5.41) is 15.8. The lowest BCUT2D eigenvalue weighted by Gasteiger charge is -2.35. The first-order valence-electron chi connectivity index (χ1n) is 9.42. The second-order valence-corrected chi connectivity index (χ2v) is 7.10. The van der Waals surface area contributed by atoms with E-state index in [0.29, 0.717) is 30.3 Å². The molecule has 1 aliphatic heterocycles. The average molecular weight is 516 g/mol. The third-order valence-corrected chi connectivity index (χ3v) is 4.90. The predicted molar refractivity (Wildman–Crippen MR) is 123 cm³/mol. The normalized spacial score (nSPS) is 16.9. The number of anilines is 1. The van der Waals surface area contributed by atoms with Crippen LogP contribution in [0.2, 0.25) is 0 Å². The highest BCUT2D eigenvalue weighted by atomic mass is 127. The molecule has 2 aromatic rings. The van der Waals surface area contributed by atoms with Crippen molar-refractivity contribution in [3.05, 3.63) is 59.2 Å². The first kappa shape index (κ1) is 23.2. The van der Waals surface area contributed by atoms with E-state index in [4.69, 9.17) is 0 Å². The number of benzene rings is 2. The van der Waals surface area contributed by atoms with Crippen LogP contribution in [0.3, 0.4) is 0 Å². The fraction of sp³-hybridized carbons (Fsp3) is 0.381. The van der Waals surface area contributed by atoms with E-state index in [-0.39, 0.29) is 41.6 Å². The van der Waals surface area contributed by atoms with Crippen molar-refractivity contribution in [3.8, 4) is 5.75 Å². The number of hydrogen-bond donors (Lipinski definition) is 3. The third kappa shape index (κ3) is 6.19. The largest absolute Gasteiger partial charge is 0.505 e. The average Bonchev–Trinajstić information content (AvgIpc) is 2.69. The van der Waals surface area contributed by atoms with E-state index in [1.54, 1.807) is 19.2 Å². The number of guanidine groups is 1. The van der Waals surface area contributed by atoms with E-state index < -0.39 is 5.82 Å². The number of rotatable bonds is 4. The van der Waals surface area contributed by atoms with E-state index in [2.05, 4.69) is 20.5 Å². The Morgan fingerprint density at radius 2 is 2.00 bits per heavy atom. The van der Waals surface area contributed by atoms with Crippen molar-refractivity contribution in [3.63, 3.8) is 0 Å². The summed E-state index contributed by atoms with van der Waals surface area (Å²) in [6.45, 7) is 3.83. The number of nitrogens with one attached hydrogen (secondary N) is 2. The molecule has 1 aliphatic rings. The van der Waals surface area contributed by atoms with Crippen LogP contribution in [-0.2, 0) is 6.54 Å². The van der Waals surface area contributed by atoms with Crippen molar-refractivity contribution < 1.29 is 13.9 Å². The van der Waals surface area contributed by atoms with Gasteiger partial charge in [0.2, 0.25) is 0 Å². The minimum absolute atomic E-state index is 0. The van der Waals surface area contributed by atoms with Gasteiger partial charge in [-0.3, -0.25) is 4.99 Å². The Labute approximate surface area is 187 Å². The van der Waals surface area contributed by atoms with Gasteiger partial charge in [-0.2, -0.15) is 0 Å². The second kappa shape index (κ2) is 10.6.